The Morgan fingerprint density at radius 3 is 2.29 bits per heavy atom. The number of amides is 4. The topological polar surface area (TPSA) is 111 Å². The summed E-state index contributed by atoms with van der Waals surface area (Å²) in [7, 11) is 0. The fraction of sp³-hybridized carbons (Fsp3) is 0.227. The van der Waals surface area contributed by atoms with Crippen LogP contribution in [0.2, 0.25) is 0 Å². The molecule has 156 valence electrons. The lowest BCUT2D eigenvalue weighted by atomic mass is 10.1. The molecule has 2 aliphatic rings. The van der Waals surface area contributed by atoms with Crippen LogP contribution >= 0.6 is 11.8 Å². The van der Waals surface area contributed by atoms with Crippen LogP contribution in [-0.4, -0.2) is 57.1 Å². The zero-order valence-corrected chi connectivity index (χ0v) is 17.4. The first-order valence-electron chi connectivity index (χ1n) is 9.58. The van der Waals surface area contributed by atoms with Gasteiger partial charge in [-0.2, -0.15) is 5.26 Å². The van der Waals surface area contributed by atoms with Crippen LogP contribution in [0.25, 0.3) is 0 Å². The standard InChI is InChI=1S/C22H18N4O4S/c1-13(26-21(29)16-4-2-3-5-17(16)22(26)30)20(28)25-12-31-11-18(25)19(27)24-15-8-6-14(10-23)7-9-15/h2-9,13,18H,11-12H2,1H3,(H,24,27). The number of nitrogens with zero attached hydrogens (tertiary/aromatic N) is 3. The zero-order chi connectivity index (χ0) is 22.1. The molecule has 1 fully saturated rings. The summed E-state index contributed by atoms with van der Waals surface area (Å²) in [6, 6.07) is 13.1. The summed E-state index contributed by atoms with van der Waals surface area (Å²) in [4.78, 5) is 53.8. The lowest BCUT2D eigenvalue weighted by molar-refractivity contribution is -0.139. The summed E-state index contributed by atoms with van der Waals surface area (Å²) >= 11 is 1.43. The highest BCUT2D eigenvalue weighted by atomic mass is 32.2. The fourth-order valence-corrected chi connectivity index (χ4v) is 4.80. The van der Waals surface area contributed by atoms with Gasteiger partial charge in [0.1, 0.15) is 12.1 Å². The fourth-order valence-electron chi connectivity index (χ4n) is 3.64. The highest BCUT2D eigenvalue weighted by Gasteiger charge is 2.44. The molecule has 0 saturated carbocycles. The molecule has 2 heterocycles. The Balaban J connectivity index is 1.48. The van der Waals surface area contributed by atoms with E-state index in [1.54, 1.807) is 48.5 Å². The van der Waals surface area contributed by atoms with Gasteiger partial charge in [-0.25, -0.2) is 0 Å². The summed E-state index contributed by atoms with van der Waals surface area (Å²) in [5.74, 6) is -1.14. The molecule has 8 nitrogen and oxygen atoms in total. The predicted molar refractivity (Wildman–Crippen MR) is 114 cm³/mol. The number of nitriles is 1. The first kappa shape index (κ1) is 20.6. The van der Waals surface area contributed by atoms with Crippen molar-refractivity contribution >= 4 is 41.1 Å². The van der Waals surface area contributed by atoms with Gasteiger partial charge < -0.3 is 10.2 Å². The number of benzene rings is 2. The Morgan fingerprint density at radius 2 is 1.71 bits per heavy atom. The maximum atomic E-state index is 13.2. The maximum Gasteiger partial charge on any atom is 0.262 e. The molecular formula is C22H18N4O4S. The largest absolute Gasteiger partial charge is 0.324 e. The number of hydrogen-bond donors (Lipinski definition) is 1. The second-order valence-corrected chi connectivity index (χ2v) is 8.20. The normalized spacial score (nSPS) is 18.5. The average Bonchev–Trinajstić information content (AvgIpc) is 3.37. The van der Waals surface area contributed by atoms with E-state index in [-0.39, 0.29) is 22.9 Å². The number of nitrogens with one attached hydrogen (secondary N) is 1. The molecule has 2 atom stereocenters. The van der Waals surface area contributed by atoms with E-state index < -0.39 is 29.8 Å². The summed E-state index contributed by atoms with van der Waals surface area (Å²) < 4.78 is 0. The molecule has 2 aromatic rings. The quantitative estimate of drug-likeness (QED) is 0.738. The van der Waals surface area contributed by atoms with Crippen molar-refractivity contribution in [1.82, 2.24) is 9.80 Å². The molecule has 0 radical (unpaired) electrons. The van der Waals surface area contributed by atoms with Crippen LogP contribution in [0.5, 0.6) is 0 Å². The van der Waals surface area contributed by atoms with Crippen LogP contribution < -0.4 is 5.32 Å². The van der Waals surface area contributed by atoms with Crippen LogP contribution in [0, 0.1) is 11.3 Å². The van der Waals surface area contributed by atoms with Gasteiger partial charge in [-0.1, -0.05) is 12.1 Å². The van der Waals surface area contributed by atoms with Crippen molar-refractivity contribution in [2.75, 3.05) is 16.9 Å². The molecule has 9 heteroatoms. The third-order valence-electron chi connectivity index (χ3n) is 5.32. The number of rotatable bonds is 4. The summed E-state index contributed by atoms with van der Waals surface area (Å²) in [6.45, 7) is 1.50. The lowest BCUT2D eigenvalue weighted by Gasteiger charge is -2.29. The van der Waals surface area contributed by atoms with Crippen molar-refractivity contribution in [3.8, 4) is 6.07 Å². The monoisotopic (exact) mass is 434 g/mol. The lowest BCUT2D eigenvalue weighted by Crippen LogP contribution is -2.53. The molecule has 2 aromatic carbocycles. The zero-order valence-electron chi connectivity index (χ0n) is 16.6. The van der Waals surface area contributed by atoms with E-state index in [1.807, 2.05) is 6.07 Å². The van der Waals surface area contributed by atoms with Gasteiger partial charge in [0.15, 0.2) is 0 Å². The number of carbonyl (C=O) groups excluding carboxylic acids is 4. The van der Waals surface area contributed by atoms with Gasteiger partial charge in [0.2, 0.25) is 11.8 Å². The highest BCUT2D eigenvalue weighted by molar-refractivity contribution is 7.99. The first-order chi connectivity index (χ1) is 14.9. The molecule has 1 saturated heterocycles. The van der Waals surface area contributed by atoms with Crippen LogP contribution in [0.3, 0.4) is 0 Å². The van der Waals surface area contributed by atoms with Crippen LogP contribution in [-0.2, 0) is 9.59 Å². The minimum atomic E-state index is -1.03. The van der Waals surface area contributed by atoms with Crippen LogP contribution in [0.15, 0.2) is 48.5 Å². The Hall–Kier alpha value is -3.64. The average molecular weight is 434 g/mol. The third-order valence-corrected chi connectivity index (χ3v) is 6.33. The highest BCUT2D eigenvalue weighted by Crippen LogP contribution is 2.28. The van der Waals surface area contributed by atoms with E-state index in [0.717, 1.165) is 4.90 Å². The van der Waals surface area contributed by atoms with Crippen molar-refractivity contribution < 1.29 is 19.2 Å². The van der Waals surface area contributed by atoms with Gasteiger partial charge >= 0.3 is 0 Å². The number of thioether (sulfide) groups is 1. The maximum absolute atomic E-state index is 13.2. The van der Waals surface area contributed by atoms with E-state index in [9.17, 15) is 19.2 Å². The molecule has 0 bridgehead atoms. The van der Waals surface area contributed by atoms with Crippen molar-refractivity contribution in [2.24, 2.45) is 0 Å². The van der Waals surface area contributed by atoms with E-state index in [1.165, 1.54) is 23.6 Å². The molecule has 0 spiro atoms. The third kappa shape index (κ3) is 3.66. The Kier molecular flexibility index (Phi) is 5.48. The second kappa shape index (κ2) is 8.24. The van der Waals surface area contributed by atoms with Crippen molar-refractivity contribution in [2.45, 2.75) is 19.0 Å². The Labute approximate surface area is 182 Å². The molecule has 1 N–H and O–H groups in total. The Bertz CT molecular complexity index is 1090. The van der Waals surface area contributed by atoms with Gasteiger partial charge in [-0.3, -0.25) is 24.1 Å². The van der Waals surface area contributed by atoms with Gasteiger partial charge in [-0.15, -0.1) is 11.8 Å². The van der Waals surface area contributed by atoms with Crippen LogP contribution in [0.1, 0.15) is 33.2 Å². The van der Waals surface area contributed by atoms with Gasteiger partial charge in [0.05, 0.1) is 28.6 Å². The van der Waals surface area contributed by atoms with E-state index in [4.69, 9.17) is 5.26 Å². The predicted octanol–water partition coefficient (Wildman–Crippen LogP) is 2.08. The number of anilines is 1. The molecule has 4 amide bonds. The SMILES string of the molecule is CC(C(=O)N1CSCC1C(=O)Nc1ccc(C#N)cc1)N1C(=O)c2ccccc2C1=O. The van der Waals surface area contributed by atoms with E-state index in [2.05, 4.69) is 5.32 Å². The second-order valence-electron chi connectivity index (χ2n) is 7.20. The van der Waals surface area contributed by atoms with Crippen LogP contribution in [0.4, 0.5) is 5.69 Å². The molecule has 2 aliphatic heterocycles. The number of carbonyl (C=O) groups is 4. The molecule has 0 aromatic heterocycles. The van der Waals surface area contributed by atoms with Crippen molar-refractivity contribution in [3.63, 3.8) is 0 Å². The van der Waals surface area contributed by atoms with E-state index in [0.29, 0.717) is 17.0 Å². The molecule has 0 aliphatic carbocycles. The molecular weight excluding hydrogens is 416 g/mol. The molecule has 4 rings (SSSR count). The minimum absolute atomic E-state index is 0.276. The summed E-state index contributed by atoms with van der Waals surface area (Å²) in [5, 5.41) is 11.6. The number of imide groups is 1. The minimum Gasteiger partial charge on any atom is -0.324 e. The molecule has 31 heavy (non-hydrogen) atoms. The number of fused-ring (bicyclic) bond motifs is 1. The van der Waals surface area contributed by atoms with E-state index >= 15 is 0 Å². The summed E-state index contributed by atoms with van der Waals surface area (Å²) in [6.07, 6.45) is 0. The van der Waals surface area contributed by atoms with Gasteiger partial charge in [-0.05, 0) is 43.3 Å². The Morgan fingerprint density at radius 1 is 1.10 bits per heavy atom. The van der Waals surface area contributed by atoms with Gasteiger partial charge in [0, 0.05) is 11.4 Å². The first-order valence-corrected chi connectivity index (χ1v) is 10.7. The van der Waals surface area contributed by atoms with Crippen molar-refractivity contribution in [1.29, 1.82) is 5.26 Å². The smallest absolute Gasteiger partial charge is 0.262 e. The van der Waals surface area contributed by atoms with Crippen molar-refractivity contribution in [3.05, 3.63) is 65.2 Å². The number of hydrogen-bond acceptors (Lipinski definition) is 6. The summed E-state index contributed by atoms with van der Waals surface area (Å²) in [5.41, 5.74) is 1.54. The molecule has 2 unspecified atom stereocenters. The van der Waals surface area contributed by atoms with Gasteiger partial charge in [0.25, 0.3) is 11.8 Å².